The highest BCUT2D eigenvalue weighted by Crippen LogP contribution is 2.40. The lowest BCUT2D eigenvalue weighted by atomic mass is 9.72. The Kier molecular flexibility index (Phi) is 6.24. The Labute approximate surface area is 150 Å². The van der Waals surface area contributed by atoms with Gasteiger partial charge in [-0.15, -0.1) is 0 Å². The molecule has 3 nitrogen and oxygen atoms in total. The van der Waals surface area contributed by atoms with Crippen LogP contribution in [0.1, 0.15) is 59.6 Å². The molecule has 2 rings (SSSR count). The first-order valence-electron chi connectivity index (χ1n) is 8.97. The van der Waals surface area contributed by atoms with E-state index in [1.165, 1.54) is 36.0 Å². The molecule has 0 radical (unpaired) electrons. The first-order valence-corrected chi connectivity index (χ1v) is 8.97. The van der Waals surface area contributed by atoms with Gasteiger partial charge in [0.1, 0.15) is 0 Å². The predicted molar refractivity (Wildman–Crippen MR) is 107 cm³/mol. The summed E-state index contributed by atoms with van der Waals surface area (Å²) >= 11 is 0. The molecule has 1 heterocycles. The van der Waals surface area contributed by atoms with Crippen molar-refractivity contribution in [1.29, 1.82) is 0 Å². The summed E-state index contributed by atoms with van der Waals surface area (Å²) in [6, 6.07) is 1.54. The van der Waals surface area contributed by atoms with Gasteiger partial charge in [0.2, 0.25) is 0 Å². The average molecular weight is 338 g/mol. The molecule has 1 aromatic rings. The molecule has 0 saturated heterocycles. The maximum Gasteiger partial charge on any atom is 0.264 e. The minimum atomic E-state index is -0.112. The molecule has 0 amide bonds. The van der Waals surface area contributed by atoms with Gasteiger partial charge in [-0.25, -0.2) is 0 Å². The van der Waals surface area contributed by atoms with Crippen LogP contribution in [0.15, 0.2) is 63.5 Å². The predicted octanol–water partition coefficient (Wildman–Crippen LogP) is 5.69. The van der Waals surface area contributed by atoms with Crippen LogP contribution in [0.25, 0.3) is 6.08 Å². The van der Waals surface area contributed by atoms with Crippen molar-refractivity contribution in [3.05, 3.63) is 74.8 Å². The lowest BCUT2D eigenvalue weighted by molar-refractivity contribution is 0.377. The minimum absolute atomic E-state index is 0.112. The van der Waals surface area contributed by atoms with Crippen LogP contribution in [0, 0.1) is 5.41 Å². The maximum absolute atomic E-state index is 11.1. The SMILES string of the molecule is CC1=C(/C=C/C(C)=C/C=C/C(C)=C/c2cc(=O)[nH][nH]2)C(C)(C)CCC1. The molecule has 0 aromatic carbocycles. The molecule has 2 N–H and O–H groups in total. The third-order valence-corrected chi connectivity index (χ3v) is 4.77. The number of hydrogen-bond donors (Lipinski definition) is 2. The Morgan fingerprint density at radius 1 is 1.16 bits per heavy atom. The summed E-state index contributed by atoms with van der Waals surface area (Å²) in [6.07, 6.45) is 16.4. The van der Waals surface area contributed by atoms with Crippen LogP contribution in [-0.2, 0) is 0 Å². The Balaban J connectivity index is 2.04. The van der Waals surface area contributed by atoms with E-state index < -0.39 is 0 Å². The third-order valence-electron chi connectivity index (χ3n) is 4.77. The minimum Gasteiger partial charge on any atom is -0.298 e. The smallest absolute Gasteiger partial charge is 0.264 e. The van der Waals surface area contributed by atoms with E-state index in [1.54, 1.807) is 6.07 Å². The molecule has 134 valence electrons. The van der Waals surface area contributed by atoms with Crippen LogP contribution in [0.3, 0.4) is 0 Å². The van der Waals surface area contributed by atoms with Crippen molar-refractivity contribution in [1.82, 2.24) is 10.2 Å². The summed E-state index contributed by atoms with van der Waals surface area (Å²) in [5.74, 6) is 0. The van der Waals surface area contributed by atoms with Gasteiger partial charge in [0, 0.05) is 6.07 Å². The van der Waals surface area contributed by atoms with Crippen molar-refractivity contribution >= 4 is 6.08 Å². The third kappa shape index (κ3) is 5.63. The van der Waals surface area contributed by atoms with Crippen LogP contribution in [0.5, 0.6) is 0 Å². The summed E-state index contributed by atoms with van der Waals surface area (Å²) in [6.45, 7) is 11.1. The highest BCUT2D eigenvalue weighted by atomic mass is 16.1. The summed E-state index contributed by atoms with van der Waals surface area (Å²) in [5.41, 5.74) is 6.27. The second-order valence-electron chi connectivity index (χ2n) is 7.64. The number of aromatic amines is 2. The monoisotopic (exact) mass is 338 g/mol. The quantitative estimate of drug-likeness (QED) is 0.666. The van der Waals surface area contributed by atoms with Crippen molar-refractivity contribution < 1.29 is 0 Å². The van der Waals surface area contributed by atoms with Gasteiger partial charge >= 0.3 is 0 Å². The molecular formula is C22H30N2O. The van der Waals surface area contributed by atoms with Crippen LogP contribution < -0.4 is 5.56 Å². The van der Waals surface area contributed by atoms with Gasteiger partial charge in [-0.2, -0.15) is 0 Å². The zero-order chi connectivity index (χ0) is 18.4. The van der Waals surface area contributed by atoms with Gasteiger partial charge in [-0.05, 0) is 62.7 Å². The van der Waals surface area contributed by atoms with E-state index in [-0.39, 0.29) is 11.0 Å². The molecule has 0 aliphatic heterocycles. The van der Waals surface area contributed by atoms with Crippen LogP contribution in [0.4, 0.5) is 0 Å². The Bertz CT molecular complexity index is 807. The van der Waals surface area contributed by atoms with Gasteiger partial charge in [-0.3, -0.25) is 15.0 Å². The van der Waals surface area contributed by atoms with Crippen LogP contribution in [0.2, 0.25) is 0 Å². The summed E-state index contributed by atoms with van der Waals surface area (Å²) in [5, 5.41) is 5.36. The molecule has 0 unspecified atom stereocenters. The van der Waals surface area contributed by atoms with Gasteiger partial charge < -0.3 is 0 Å². The fourth-order valence-corrected chi connectivity index (χ4v) is 3.35. The molecule has 1 aliphatic rings. The summed E-state index contributed by atoms with van der Waals surface area (Å²) in [7, 11) is 0. The van der Waals surface area contributed by atoms with Gasteiger partial charge in [0.05, 0.1) is 5.69 Å². The van der Waals surface area contributed by atoms with Crippen molar-refractivity contribution in [2.45, 2.75) is 53.9 Å². The molecule has 0 fully saturated rings. The average Bonchev–Trinajstić information content (AvgIpc) is 2.91. The molecule has 0 spiro atoms. The second kappa shape index (κ2) is 8.19. The Morgan fingerprint density at radius 3 is 2.56 bits per heavy atom. The molecule has 1 aliphatic carbocycles. The summed E-state index contributed by atoms with van der Waals surface area (Å²) in [4.78, 5) is 11.1. The van der Waals surface area contributed by atoms with E-state index in [1.807, 2.05) is 25.2 Å². The first kappa shape index (κ1) is 19.0. The Morgan fingerprint density at radius 2 is 1.92 bits per heavy atom. The van der Waals surface area contributed by atoms with Crippen molar-refractivity contribution in [2.75, 3.05) is 0 Å². The molecular weight excluding hydrogens is 308 g/mol. The molecule has 1 aromatic heterocycles. The molecule has 25 heavy (non-hydrogen) atoms. The fraction of sp³-hybridized carbons (Fsp3) is 0.409. The number of hydrogen-bond acceptors (Lipinski definition) is 1. The van der Waals surface area contributed by atoms with Crippen molar-refractivity contribution in [3.8, 4) is 0 Å². The molecule has 0 atom stereocenters. The lowest BCUT2D eigenvalue weighted by Crippen LogP contribution is -2.19. The molecule has 0 bridgehead atoms. The highest BCUT2D eigenvalue weighted by molar-refractivity contribution is 5.51. The zero-order valence-electron chi connectivity index (χ0n) is 16.1. The number of nitrogens with one attached hydrogen (secondary N) is 2. The van der Waals surface area contributed by atoms with E-state index in [0.717, 1.165) is 11.3 Å². The van der Waals surface area contributed by atoms with Crippen molar-refractivity contribution in [2.24, 2.45) is 5.41 Å². The van der Waals surface area contributed by atoms with E-state index in [4.69, 9.17) is 0 Å². The number of H-pyrrole nitrogens is 2. The lowest BCUT2D eigenvalue weighted by Gasteiger charge is -2.32. The Hall–Kier alpha value is -2.29. The fourth-order valence-electron chi connectivity index (χ4n) is 3.35. The van der Waals surface area contributed by atoms with Crippen LogP contribution in [-0.4, -0.2) is 10.2 Å². The number of aromatic nitrogens is 2. The second-order valence-corrected chi connectivity index (χ2v) is 7.64. The van der Waals surface area contributed by atoms with Gasteiger partial charge in [0.25, 0.3) is 5.56 Å². The van der Waals surface area contributed by atoms with E-state index in [9.17, 15) is 4.79 Å². The number of rotatable bonds is 5. The first-order chi connectivity index (χ1) is 11.8. The largest absolute Gasteiger partial charge is 0.298 e. The summed E-state index contributed by atoms with van der Waals surface area (Å²) < 4.78 is 0. The van der Waals surface area contributed by atoms with E-state index >= 15 is 0 Å². The van der Waals surface area contributed by atoms with Gasteiger partial charge in [-0.1, -0.05) is 55.4 Å². The van der Waals surface area contributed by atoms with Gasteiger partial charge in [0.15, 0.2) is 0 Å². The van der Waals surface area contributed by atoms with E-state index in [0.29, 0.717) is 0 Å². The molecule has 0 saturated carbocycles. The topological polar surface area (TPSA) is 48.6 Å². The standard InChI is InChI=1S/C22H30N2O/c1-16(11-12-20-18(3)10-7-13-22(20,4)5)8-6-9-17(2)14-19-15-21(25)24-23-19/h6,8-9,11-12,14-15H,7,10,13H2,1-5H3,(H2,23,24,25)/b9-6+,12-11+,16-8+,17-14+. The highest BCUT2D eigenvalue weighted by Gasteiger charge is 2.26. The maximum atomic E-state index is 11.1. The molecule has 3 heteroatoms. The van der Waals surface area contributed by atoms with E-state index in [2.05, 4.69) is 56.1 Å². The van der Waals surface area contributed by atoms with Crippen molar-refractivity contribution in [3.63, 3.8) is 0 Å². The van der Waals surface area contributed by atoms with Crippen LogP contribution >= 0.6 is 0 Å². The number of allylic oxidation sites excluding steroid dienone is 9. The zero-order valence-corrected chi connectivity index (χ0v) is 16.1. The normalized spacial score (nSPS) is 19.4.